The summed E-state index contributed by atoms with van der Waals surface area (Å²) in [4.78, 5) is 0. The van der Waals surface area contributed by atoms with E-state index in [9.17, 15) is 17.6 Å². The number of nitrogens with one attached hydrogen (secondary N) is 1. The number of alkyl halides is 3. The predicted octanol–water partition coefficient (Wildman–Crippen LogP) is 3.54. The number of H-pyrrole nitrogens is 1. The van der Waals surface area contributed by atoms with Gasteiger partial charge in [-0.2, -0.15) is 18.3 Å². The van der Waals surface area contributed by atoms with Gasteiger partial charge in [-0.3, -0.25) is 5.10 Å². The molecule has 90 valence electrons. The fraction of sp³-hybridized carbons (Fsp3) is 0.182. The second kappa shape index (κ2) is 3.87. The summed E-state index contributed by atoms with van der Waals surface area (Å²) in [5.74, 6) is -0.515. The summed E-state index contributed by atoms with van der Waals surface area (Å²) in [5, 5.41) is 5.52. The second-order valence-corrected chi connectivity index (χ2v) is 3.58. The van der Waals surface area contributed by atoms with E-state index in [0.29, 0.717) is 5.56 Å². The van der Waals surface area contributed by atoms with E-state index in [0.717, 1.165) is 6.07 Å². The molecule has 2 aromatic rings. The first-order chi connectivity index (χ1) is 7.89. The highest BCUT2D eigenvalue weighted by molar-refractivity contribution is 5.63. The molecule has 1 heterocycles. The van der Waals surface area contributed by atoms with Gasteiger partial charge in [0.2, 0.25) is 0 Å². The molecule has 0 aliphatic heterocycles. The maximum atomic E-state index is 13.0. The molecule has 0 bridgehead atoms. The molecule has 0 fully saturated rings. The van der Waals surface area contributed by atoms with Crippen LogP contribution in [-0.4, -0.2) is 10.2 Å². The third-order valence-corrected chi connectivity index (χ3v) is 2.39. The lowest BCUT2D eigenvalue weighted by Gasteiger charge is -2.04. The number of aromatic amines is 1. The normalized spacial score (nSPS) is 11.8. The van der Waals surface area contributed by atoms with Gasteiger partial charge in [-0.1, -0.05) is 12.1 Å². The molecule has 0 radical (unpaired) electrons. The number of rotatable bonds is 1. The molecule has 0 amide bonds. The highest BCUT2D eigenvalue weighted by atomic mass is 19.4. The Bertz CT molecular complexity index is 543. The molecule has 0 aliphatic carbocycles. The molecule has 0 aliphatic rings. The van der Waals surface area contributed by atoms with Gasteiger partial charge in [-0.05, 0) is 19.1 Å². The van der Waals surface area contributed by atoms with Crippen molar-refractivity contribution in [1.29, 1.82) is 0 Å². The van der Waals surface area contributed by atoms with Gasteiger partial charge in [0, 0.05) is 11.1 Å². The molecule has 6 heteroatoms. The Hall–Kier alpha value is -1.85. The lowest BCUT2D eigenvalue weighted by atomic mass is 10.1. The zero-order valence-corrected chi connectivity index (χ0v) is 8.77. The molecule has 0 saturated carbocycles. The quantitative estimate of drug-likeness (QED) is 0.763. The number of hydrogen-bond donors (Lipinski definition) is 1. The Morgan fingerprint density at radius 1 is 1.24 bits per heavy atom. The van der Waals surface area contributed by atoms with Crippen molar-refractivity contribution in [2.45, 2.75) is 13.1 Å². The van der Waals surface area contributed by atoms with Crippen LogP contribution in [0.5, 0.6) is 0 Å². The average Bonchev–Trinajstić information content (AvgIpc) is 2.59. The van der Waals surface area contributed by atoms with E-state index in [2.05, 4.69) is 5.10 Å². The summed E-state index contributed by atoms with van der Waals surface area (Å²) in [5.41, 5.74) is -0.522. The molecule has 0 spiro atoms. The number of benzene rings is 1. The van der Waals surface area contributed by atoms with Crippen LogP contribution in [0, 0.1) is 12.7 Å². The number of halogens is 4. The van der Waals surface area contributed by atoms with E-state index < -0.39 is 17.7 Å². The van der Waals surface area contributed by atoms with Crippen molar-refractivity contribution in [2.75, 3.05) is 0 Å². The van der Waals surface area contributed by atoms with Gasteiger partial charge in [0.05, 0.1) is 5.69 Å². The molecule has 1 aromatic carbocycles. The Morgan fingerprint density at radius 3 is 2.47 bits per heavy atom. The maximum Gasteiger partial charge on any atom is 0.433 e. The molecule has 2 nitrogen and oxygen atoms in total. The smallest absolute Gasteiger partial charge is 0.273 e. The maximum absolute atomic E-state index is 13.0. The zero-order chi connectivity index (χ0) is 12.6. The first-order valence-corrected chi connectivity index (χ1v) is 4.77. The van der Waals surface area contributed by atoms with Crippen molar-refractivity contribution in [3.8, 4) is 11.3 Å². The molecule has 0 saturated heterocycles. The van der Waals surface area contributed by atoms with Gasteiger partial charge in [-0.25, -0.2) is 4.39 Å². The lowest BCUT2D eigenvalue weighted by molar-refractivity contribution is -0.141. The monoisotopic (exact) mass is 244 g/mol. The SMILES string of the molecule is Cc1c(-c2cccc(F)c2)n[nH]c1C(F)(F)F. The van der Waals surface area contributed by atoms with Crippen molar-refractivity contribution in [2.24, 2.45) is 0 Å². The number of hydrogen-bond acceptors (Lipinski definition) is 1. The molecular weight excluding hydrogens is 236 g/mol. The minimum Gasteiger partial charge on any atom is -0.273 e. The molecular formula is C11H8F4N2. The van der Waals surface area contributed by atoms with Crippen LogP contribution in [0.1, 0.15) is 11.3 Å². The van der Waals surface area contributed by atoms with Crippen LogP contribution in [0.25, 0.3) is 11.3 Å². The first kappa shape index (κ1) is 11.6. The Labute approximate surface area is 94.3 Å². The second-order valence-electron chi connectivity index (χ2n) is 3.58. The van der Waals surface area contributed by atoms with E-state index in [1.165, 1.54) is 25.1 Å². The van der Waals surface area contributed by atoms with E-state index in [4.69, 9.17) is 0 Å². The highest BCUT2D eigenvalue weighted by Gasteiger charge is 2.35. The van der Waals surface area contributed by atoms with E-state index in [1.807, 2.05) is 5.10 Å². The molecule has 0 atom stereocenters. The van der Waals surface area contributed by atoms with Gasteiger partial charge >= 0.3 is 6.18 Å². The van der Waals surface area contributed by atoms with Gasteiger partial charge in [0.25, 0.3) is 0 Å². The topological polar surface area (TPSA) is 28.7 Å². The zero-order valence-electron chi connectivity index (χ0n) is 8.77. The fourth-order valence-corrected chi connectivity index (χ4v) is 1.59. The third kappa shape index (κ3) is 2.15. The van der Waals surface area contributed by atoms with Crippen LogP contribution in [-0.2, 0) is 6.18 Å². The largest absolute Gasteiger partial charge is 0.433 e. The summed E-state index contributed by atoms with van der Waals surface area (Å²) in [6.45, 7) is 1.30. The summed E-state index contributed by atoms with van der Waals surface area (Å²) in [6, 6.07) is 5.29. The van der Waals surface area contributed by atoms with Crippen molar-refractivity contribution in [3.63, 3.8) is 0 Å². The van der Waals surface area contributed by atoms with E-state index >= 15 is 0 Å². The van der Waals surface area contributed by atoms with Crippen molar-refractivity contribution < 1.29 is 17.6 Å². The van der Waals surface area contributed by atoms with E-state index in [-0.39, 0.29) is 11.3 Å². The summed E-state index contributed by atoms with van der Waals surface area (Å²) in [6.07, 6.45) is -4.48. The molecule has 1 N–H and O–H groups in total. The Balaban J connectivity index is 2.52. The molecule has 2 rings (SSSR count). The third-order valence-electron chi connectivity index (χ3n) is 2.39. The molecule has 17 heavy (non-hydrogen) atoms. The number of aromatic nitrogens is 2. The van der Waals surface area contributed by atoms with E-state index in [1.54, 1.807) is 0 Å². The molecule has 1 aromatic heterocycles. The van der Waals surface area contributed by atoms with Gasteiger partial charge < -0.3 is 0 Å². The van der Waals surface area contributed by atoms with Gasteiger partial charge in [0.1, 0.15) is 11.5 Å². The predicted molar refractivity (Wildman–Crippen MR) is 53.7 cm³/mol. The van der Waals surface area contributed by atoms with Crippen LogP contribution in [0.15, 0.2) is 24.3 Å². The van der Waals surface area contributed by atoms with Crippen LogP contribution in [0.2, 0.25) is 0 Å². The van der Waals surface area contributed by atoms with Crippen molar-refractivity contribution in [1.82, 2.24) is 10.2 Å². The van der Waals surface area contributed by atoms with Gasteiger partial charge in [-0.15, -0.1) is 0 Å². The summed E-state index contributed by atoms with van der Waals surface area (Å²) >= 11 is 0. The first-order valence-electron chi connectivity index (χ1n) is 4.77. The average molecular weight is 244 g/mol. The Morgan fingerprint density at radius 2 is 1.94 bits per heavy atom. The van der Waals surface area contributed by atoms with Crippen molar-refractivity contribution in [3.05, 3.63) is 41.3 Å². The standard InChI is InChI=1S/C11H8F4N2/c1-6-9(7-3-2-4-8(12)5-7)16-17-10(6)11(13,14)15/h2-5H,1H3,(H,16,17). The fourth-order valence-electron chi connectivity index (χ4n) is 1.59. The van der Waals surface area contributed by atoms with Crippen molar-refractivity contribution >= 4 is 0 Å². The van der Waals surface area contributed by atoms with Crippen LogP contribution < -0.4 is 0 Å². The minimum absolute atomic E-state index is 0.0388. The lowest BCUT2D eigenvalue weighted by Crippen LogP contribution is -2.07. The van der Waals surface area contributed by atoms with Crippen LogP contribution >= 0.6 is 0 Å². The number of nitrogens with zero attached hydrogens (tertiary/aromatic N) is 1. The summed E-state index contributed by atoms with van der Waals surface area (Å²) in [7, 11) is 0. The summed E-state index contributed by atoms with van der Waals surface area (Å²) < 4.78 is 50.5. The molecule has 0 unspecified atom stereocenters. The van der Waals surface area contributed by atoms with Crippen LogP contribution in [0.3, 0.4) is 0 Å². The Kier molecular flexibility index (Phi) is 2.65. The van der Waals surface area contributed by atoms with Crippen LogP contribution in [0.4, 0.5) is 17.6 Å². The minimum atomic E-state index is -4.48. The highest BCUT2D eigenvalue weighted by Crippen LogP contribution is 2.34. The van der Waals surface area contributed by atoms with Gasteiger partial charge in [0.15, 0.2) is 0 Å².